The molecule has 1 fully saturated rings. The van der Waals surface area contributed by atoms with Crippen LogP contribution in [0.4, 0.5) is 10.5 Å². The third-order valence-corrected chi connectivity index (χ3v) is 3.81. The molecule has 2 heterocycles. The van der Waals surface area contributed by atoms with Gasteiger partial charge in [-0.1, -0.05) is 0 Å². The van der Waals surface area contributed by atoms with Crippen molar-refractivity contribution in [3.63, 3.8) is 0 Å². The molecule has 2 aromatic rings. The van der Waals surface area contributed by atoms with Crippen LogP contribution < -0.4 is 15.0 Å². The highest BCUT2D eigenvalue weighted by Crippen LogP contribution is 2.25. The summed E-state index contributed by atoms with van der Waals surface area (Å²) < 4.78 is 11.1. The lowest BCUT2D eigenvalue weighted by molar-refractivity contribution is -0.122. The van der Waals surface area contributed by atoms with Gasteiger partial charge in [0, 0.05) is 0 Å². The van der Waals surface area contributed by atoms with Crippen LogP contribution in [0.25, 0.3) is 6.08 Å². The van der Waals surface area contributed by atoms with E-state index in [0.717, 1.165) is 4.90 Å². The van der Waals surface area contributed by atoms with Crippen molar-refractivity contribution in [1.82, 2.24) is 5.32 Å². The minimum Gasteiger partial charge on any atom is -0.494 e. The Labute approximate surface area is 151 Å². The molecular formula is C17H13BrN2O5. The first-order valence-electron chi connectivity index (χ1n) is 7.39. The number of imide groups is 2. The van der Waals surface area contributed by atoms with Crippen molar-refractivity contribution in [2.45, 2.75) is 6.92 Å². The molecule has 1 N–H and O–H groups in total. The van der Waals surface area contributed by atoms with E-state index in [0.29, 0.717) is 28.5 Å². The summed E-state index contributed by atoms with van der Waals surface area (Å²) in [6, 6.07) is 8.84. The highest BCUT2D eigenvalue weighted by atomic mass is 79.9. The first-order chi connectivity index (χ1) is 12.0. The number of anilines is 1. The number of carbonyl (C=O) groups is 3. The summed E-state index contributed by atoms with van der Waals surface area (Å²) in [5.41, 5.74) is 0.125. The molecule has 0 unspecified atom stereocenters. The Hall–Kier alpha value is -2.87. The summed E-state index contributed by atoms with van der Waals surface area (Å²) in [5.74, 6) is -0.579. The maximum absolute atomic E-state index is 12.7. The van der Waals surface area contributed by atoms with Gasteiger partial charge in [-0.15, -0.1) is 0 Å². The van der Waals surface area contributed by atoms with Gasteiger partial charge in [0.05, 0.1) is 12.3 Å². The van der Waals surface area contributed by atoms with E-state index in [-0.39, 0.29) is 5.57 Å². The Morgan fingerprint density at radius 2 is 1.88 bits per heavy atom. The molecule has 0 aliphatic carbocycles. The fourth-order valence-electron chi connectivity index (χ4n) is 2.30. The molecule has 1 aliphatic heterocycles. The summed E-state index contributed by atoms with van der Waals surface area (Å²) in [5, 5.41) is 2.15. The number of hydrogen-bond donors (Lipinski definition) is 1. The van der Waals surface area contributed by atoms with E-state index < -0.39 is 17.8 Å². The van der Waals surface area contributed by atoms with Crippen molar-refractivity contribution in [2.75, 3.05) is 11.5 Å². The maximum atomic E-state index is 12.7. The number of urea groups is 1. The minimum atomic E-state index is -0.808. The lowest BCUT2D eigenvalue weighted by Crippen LogP contribution is -2.54. The van der Waals surface area contributed by atoms with Crippen molar-refractivity contribution in [2.24, 2.45) is 0 Å². The zero-order valence-corrected chi connectivity index (χ0v) is 14.7. The highest BCUT2D eigenvalue weighted by molar-refractivity contribution is 9.10. The zero-order chi connectivity index (χ0) is 18.0. The van der Waals surface area contributed by atoms with E-state index in [4.69, 9.17) is 9.15 Å². The van der Waals surface area contributed by atoms with E-state index in [1.165, 1.54) is 6.08 Å². The Morgan fingerprint density at radius 1 is 1.16 bits per heavy atom. The molecule has 1 aromatic heterocycles. The summed E-state index contributed by atoms with van der Waals surface area (Å²) in [6.45, 7) is 2.35. The third-order valence-electron chi connectivity index (χ3n) is 3.39. The second-order valence-electron chi connectivity index (χ2n) is 5.03. The molecule has 0 atom stereocenters. The Morgan fingerprint density at radius 3 is 2.48 bits per heavy atom. The molecule has 1 aliphatic rings. The molecule has 4 amide bonds. The molecular weight excluding hydrogens is 392 g/mol. The van der Waals surface area contributed by atoms with Gasteiger partial charge in [0.15, 0.2) is 4.67 Å². The van der Waals surface area contributed by atoms with E-state index in [1.54, 1.807) is 36.4 Å². The van der Waals surface area contributed by atoms with Gasteiger partial charge in [-0.2, -0.15) is 0 Å². The molecule has 128 valence electrons. The van der Waals surface area contributed by atoms with E-state index >= 15 is 0 Å². The monoisotopic (exact) mass is 404 g/mol. The molecule has 1 saturated heterocycles. The molecule has 25 heavy (non-hydrogen) atoms. The van der Waals surface area contributed by atoms with Crippen LogP contribution in [0.2, 0.25) is 0 Å². The number of hydrogen-bond acceptors (Lipinski definition) is 5. The number of rotatable bonds is 4. The third kappa shape index (κ3) is 3.48. The summed E-state index contributed by atoms with van der Waals surface area (Å²) in [6.07, 6.45) is 1.29. The van der Waals surface area contributed by atoms with Gasteiger partial charge in [-0.25, -0.2) is 9.69 Å². The second-order valence-corrected chi connectivity index (χ2v) is 5.81. The molecule has 8 heteroatoms. The average molecular weight is 405 g/mol. The topological polar surface area (TPSA) is 88.8 Å². The van der Waals surface area contributed by atoms with E-state index in [9.17, 15) is 14.4 Å². The number of amides is 4. The quantitative estimate of drug-likeness (QED) is 0.624. The van der Waals surface area contributed by atoms with Gasteiger partial charge >= 0.3 is 6.03 Å². The smallest absolute Gasteiger partial charge is 0.335 e. The molecule has 1 aromatic carbocycles. The predicted molar refractivity (Wildman–Crippen MR) is 93.0 cm³/mol. The first-order valence-corrected chi connectivity index (χ1v) is 8.18. The molecule has 7 nitrogen and oxygen atoms in total. The van der Waals surface area contributed by atoms with Crippen LogP contribution in [0.5, 0.6) is 5.75 Å². The maximum Gasteiger partial charge on any atom is 0.335 e. The van der Waals surface area contributed by atoms with Crippen molar-refractivity contribution >= 4 is 45.5 Å². The van der Waals surface area contributed by atoms with Gasteiger partial charge in [0.25, 0.3) is 11.8 Å². The van der Waals surface area contributed by atoms with Crippen molar-refractivity contribution < 1.29 is 23.5 Å². The number of barbiturate groups is 1. The van der Waals surface area contributed by atoms with Crippen LogP contribution >= 0.6 is 15.9 Å². The van der Waals surface area contributed by atoms with Crippen LogP contribution in [0.3, 0.4) is 0 Å². The van der Waals surface area contributed by atoms with Gasteiger partial charge < -0.3 is 9.15 Å². The number of nitrogens with one attached hydrogen (secondary N) is 1. The molecule has 0 saturated carbocycles. The Balaban J connectivity index is 1.93. The lowest BCUT2D eigenvalue weighted by Gasteiger charge is -2.26. The molecule has 0 spiro atoms. The average Bonchev–Trinajstić information content (AvgIpc) is 2.98. The number of nitrogens with zero attached hydrogens (tertiary/aromatic N) is 1. The lowest BCUT2D eigenvalue weighted by atomic mass is 10.1. The van der Waals surface area contributed by atoms with E-state index in [1.807, 2.05) is 6.92 Å². The van der Waals surface area contributed by atoms with Gasteiger partial charge in [-0.05, 0) is 65.3 Å². The fourth-order valence-corrected chi connectivity index (χ4v) is 2.62. The Kier molecular flexibility index (Phi) is 4.71. The standard InChI is InChI=1S/C17H13BrN2O5/c1-2-24-11-5-3-10(4-6-11)20-16(22)13(15(21)19-17(20)23)9-12-7-8-14(18)25-12/h3-9H,2H2,1H3,(H,19,21,23). The molecule has 0 bridgehead atoms. The zero-order valence-electron chi connectivity index (χ0n) is 13.1. The number of benzene rings is 1. The van der Waals surface area contributed by atoms with Crippen LogP contribution in [0.1, 0.15) is 12.7 Å². The summed E-state index contributed by atoms with van der Waals surface area (Å²) in [4.78, 5) is 37.7. The van der Waals surface area contributed by atoms with Gasteiger partial charge in [0.2, 0.25) is 0 Å². The number of halogens is 1. The van der Waals surface area contributed by atoms with Gasteiger partial charge in [0.1, 0.15) is 17.1 Å². The normalized spacial score (nSPS) is 16.3. The van der Waals surface area contributed by atoms with Crippen LogP contribution in [0, 0.1) is 0 Å². The van der Waals surface area contributed by atoms with Crippen LogP contribution in [-0.4, -0.2) is 24.5 Å². The first kappa shape index (κ1) is 17.0. The largest absolute Gasteiger partial charge is 0.494 e. The van der Waals surface area contributed by atoms with E-state index in [2.05, 4.69) is 21.2 Å². The van der Waals surface area contributed by atoms with Crippen molar-refractivity contribution in [3.8, 4) is 5.75 Å². The molecule has 0 radical (unpaired) electrons. The van der Waals surface area contributed by atoms with Crippen LogP contribution in [0.15, 0.2) is 51.1 Å². The number of ether oxygens (including phenoxy) is 1. The summed E-state index contributed by atoms with van der Waals surface area (Å²) in [7, 11) is 0. The number of furan rings is 1. The predicted octanol–water partition coefficient (Wildman–Crippen LogP) is 3.11. The second kappa shape index (κ2) is 6.94. The van der Waals surface area contributed by atoms with Crippen LogP contribution in [-0.2, 0) is 9.59 Å². The van der Waals surface area contributed by atoms with Crippen molar-refractivity contribution in [3.05, 3.63) is 52.4 Å². The molecule has 3 rings (SSSR count). The number of carbonyl (C=O) groups excluding carboxylic acids is 3. The fraction of sp³-hybridized carbons (Fsp3) is 0.118. The SMILES string of the molecule is CCOc1ccc(N2C(=O)NC(=O)C(=Cc3ccc(Br)o3)C2=O)cc1. The minimum absolute atomic E-state index is 0.199. The Bertz CT molecular complexity index is 869. The van der Waals surface area contributed by atoms with Crippen molar-refractivity contribution in [1.29, 1.82) is 0 Å². The highest BCUT2D eigenvalue weighted by Gasteiger charge is 2.37. The summed E-state index contributed by atoms with van der Waals surface area (Å²) >= 11 is 3.15. The van der Waals surface area contributed by atoms with Gasteiger partial charge in [-0.3, -0.25) is 14.9 Å².